The first kappa shape index (κ1) is 13.4. The Morgan fingerprint density at radius 3 is 2.65 bits per heavy atom. The molecule has 3 heteroatoms. The summed E-state index contributed by atoms with van der Waals surface area (Å²) in [6, 6.07) is 2.74. The van der Waals surface area contributed by atoms with Crippen molar-refractivity contribution in [2.24, 2.45) is 5.92 Å². The molecule has 1 heterocycles. The Morgan fingerprint density at radius 1 is 1.41 bits per heavy atom. The number of nitrogens with one attached hydrogen (secondary N) is 1. The lowest BCUT2D eigenvalue weighted by molar-refractivity contribution is 0.307. The summed E-state index contributed by atoms with van der Waals surface area (Å²) in [6.07, 6.45) is 8.38. The third-order valence-electron chi connectivity index (χ3n) is 3.86. The van der Waals surface area contributed by atoms with Crippen LogP contribution in [0.2, 0.25) is 4.34 Å². The third-order valence-corrected chi connectivity index (χ3v) is 5.53. The fourth-order valence-electron chi connectivity index (χ4n) is 2.79. The minimum Gasteiger partial charge on any atom is -0.312 e. The van der Waals surface area contributed by atoms with Gasteiger partial charge in [-0.15, -0.1) is 11.3 Å². The van der Waals surface area contributed by atoms with Gasteiger partial charge in [-0.25, -0.2) is 0 Å². The van der Waals surface area contributed by atoms with E-state index in [2.05, 4.69) is 25.4 Å². The van der Waals surface area contributed by atoms with E-state index in [4.69, 9.17) is 11.6 Å². The summed E-state index contributed by atoms with van der Waals surface area (Å²) in [5, 5.41) is 3.46. The van der Waals surface area contributed by atoms with Crippen molar-refractivity contribution in [2.75, 3.05) is 7.05 Å². The highest BCUT2D eigenvalue weighted by atomic mass is 35.5. The van der Waals surface area contributed by atoms with Crippen LogP contribution in [-0.4, -0.2) is 7.05 Å². The summed E-state index contributed by atoms with van der Waals surface area (Å²) >= 11 is 7.90. The molecule has 1 aromatic heterocycles. The SMILES string of the molecule is CNC(CC1CCCCC1)c1cc(C)c(Cl)s1. The molecule has 1 unspecified atom stereocenters. The summed E-state index contributed by atoms with van der Waals surface area (Å²) in [4.78, 5) is 1.40. The van der Waals surface area contributed by atoms with E-state index in [1.54, 1.807) is 11.3 Å². The fraction of sp³-hybridized carbons (Fsp3) is 0.714. The molecule has 17 heavy (non-hydrogen) atoms. The molecule has 0 bridgehead atoms. The van der Waals surface area contributed by atoms with Gasteiger partial charge >= 0.3 is 0 Å². The molecule has 0 spiro atoms. The molecule has 1 atom stereocenters. The van der Waals surface area contributed by atoms with Crippen molar-refractivity contribution >= 4 is 22.9 Å². The largest absolute Gasteiger partial charge is 0.312 e. The molecule has 0 aromatic carbocycles. The van der Waals surface area contributed by atoms with Crippen LogP contribution in [-0.2, 0) is 0 Å². The zero-order valence-electron chi connectivity index (χ0n) is 10.8. The molecule has 1 fully saturated rings. The second-order valence-electron chi connectivity index (χ2n) is 5.19. The number of halogens is 1. The normalized spacial score (nSPS) is 19.5. The van der Waals surface area contributed by atoms with Crippen molar-refractivity contribution in [3.8, 4) is 0 Å². The highest BCUT2D eigenvalue weighted by Crippen LogP contribution is 2.36. The van der Waals surface area contributed by atoms with Gasteiger partial charge in [-0.2, -0.15) is 0 Å². The van der Waals surface area contributed by atoms with Crippen molar-refractivity contribution in [1.82, 2.24) is 5.32 Å². The van der Waals surface area contributed by atoms with E-state index in [1.165, 1.54) is 49.0 Å². The van der Waals surface area contributed by atoms with E-state index in [9.17, 15) is 0 Å². The Labute approximate surface area is 114 Å². The Balaban J connectivity index is 2.00. The lowest BCUT2D eigenvalue weighted by atomic mass is 9.84. The lowest BCUT2D eigenvalue weighted by Crippen LogP contribution is -2.20. The average molecular weight is 272 g/mol. The van der Waals surface area contributed by atoms with E-state index in [0.29, 0.717) is 6.04 Å². The zero-order valence-corrected chi connectivity index (χ0v) is 12.3. The molecule has 2 rings (SSSR count). The van der Waals surface area contributed by atoms with Crippen molar-refractivity contribution < 1.29 is 0 Å². The van der Waals surface area contributed by atoms with Gasteiger partial charge in [0.2, 0.25) is 0 Å². The summed E-state index contributed by atoms with van der Waals surface area (Å²) in [6.45, 7) is 2.09. The van der Waals surface area contributed by atoms with E-state index >= 15 is 0 Å². The van der Waals surface area contributed by atoms with Gasteiger partial charge in [-0.05, 0) is 37.9 Å². The van der Waals surface area contributed by atoms with Crippen LogP contribution in [0.15, 0.2) is 6.07 Å². The Bertz CT molecular complexity index is 336. The number of hydrogen-bond donors (Lipinski definition) is 1. The van der Waals surface area contributed by atoms with Crippen molar-refractivity contribution in [3.63, 3.8) is 0 Å². The molecule has 1 N–H and O–H groups in total. The quantitative estimate of drug-likeness (QED) is 0.818. The van der Waals surface area contributed by atoms with Gasteiger partial charge < -0.3 is 5.32 Å². The van der Waals surface area contributed by atoms with Gasteiger partial charge in [0.1, 0.15) is 0 Å². The first-order valence-corrected chi connectivity index (χ1v) is 7.83. The van der Waals surface area contributed by atoms with Crippen LogP contribution in [0.25, 0.3) is 0 Å². The third kappa shape index (κ3) is 3.46. The summed E-state index contributed by atoms with van der Waals surface area (Å²) < 4.78 is 0.948. The van der Waals surface area contributed by atoms with Crippen LogP contribution >= 0.6 is 22.9 Å². The molecule has 1 nitrogen and oxygen atoms in total. The molecule has 1 aliphatic rings. The van der Waals surface area contributed by atoms with Gasteiger partial charge in [0, 0.05) is 10.9 Å². The second-order valence-corrected chi connectivity index (χ2v) is 6.87. The molecular formula is C14H22ClNS. The Hall–Kier alpha value is -0.0500. The highest BCUT2D eigenvalue weighted by Gasteiger charge is 2.20. The van der Waals surface area contributed by atoms with Gasteiger partial charge in [0.25, 0.3) is 0 Å². The van der Waals surface area contributed by atoms with Crippen LogP contribution in [0.3, 0.4) is 0 Å². The smallest absolute Gasteiger partial charge is 0.0960 e. The van der Waals surface area contributed by atoms with Crippen LogP contribution in [0.5, 0.6) is 0 Å². The van der Waals surface area contributed by atoms with Gasteiger partial charge in [0.05, 0.1) is 4.34 Å². The molecule has 0 radical (unpaired) electrons. The molecule has 0 saturated heterocycles. The predicted octanol–water partition coefficient (Wildman–Crippen LogP) is 4.94. The first-order chi connectivity index (χ1) is 8.20. The fourth-order valence-corrected chi connectivity index (χ4v) is 4.13. The van der Waals surface area contributed by atoms with E-state index in [1.807, 2.05) is 0 Å². The number of thiophene rings is 1. The first-order valence-electron chi connectivity index (χ1n) is 6.63. The average Bonchev–Trinajstić information content (AvgIpc) is 2.68. The van der Waals surface area contributed by atoms with Crippen LogP contribution in [0, 0.1) is 12.8 Å². The number of rotatable bonds is 4. The van der Waals surface area contributed by atoms with Crippen molar-refractivity contribution in [3.05, 3.63) is 20.8 Å². The van der Waals surface area contributed by atoms with Crippen LogP contribution < -0.4 is 5.32 Å². The highest BCUT2D eigenvalue weighted by molar-refractivity contribution is 7.16. The van der Waals surface area contributed by atoms with Gasteiger partial charge in [0.15, 0.2) is 0 Å². The zero-order chi connectivity index (χ0) is 12.3. The Morgan fingerprint density at radius 2 is 2.12 bits per heavy atom. The number of hydrogen-bond acceptors (Lipinski definition) is 2. The second kappa shape index (κ2) is 6.21. The van der Waals surface area contributed by atoms with Gasteiger partial charge in [-0.3, -0.25) is 0 Å². The molecule has 1 saturated carbocycles. The minimum absolute atomic E-state index is 0.495. The van der Waals surface area contributed by atoms with Gasteiger partial charge in [-0.1, -0.05) is 43.7 Å². The Kier molecular flexibility index (Phi) is 4.89. The molecule has 0 aliphatic heterocycles. The summed E-state index contributed by atoms with van der Waals surface area (Å²) in [5.41, 5.74) is 1.22. The summed E-state index contributed by atoms with van der Waals surface area (Å²) in [5.74, 6) is 0.905. The molecule has 1 aromatic rings. The van der Waals surface area contributed by atoms with E-state index in [-0.39, 0.29) is 0 Å². The standard InChI is InChI=1S/C14H22ClNS/c1-10-8-13(17-14(10)15)12(16-2)9-11-6-4-3-5-7-11/h8,11-12,16H,3-7,9H2,1-2H3. The lowest BCUT2D eigenvalue weighted by Gasteiger charge is -2.25. The number of aryl methyl sites for hydroxylation is 1. The van der Waals surface area contributed by atoms with E-state index in [0.717, 1.165) is 10.3 Å². The van der Waals surface area contributed by atoms with E-state index < -0.39 is 0 Å². The van der Waals surface area contributed by atoms with Crippen molar-refractivity contribution in [2.45, 2.75) is 51.5 Å². The maximum atomic E-state index is 6.16. The maximum absolute atomic E-state index is 6.16. The molecular weight excluding hydrogens is 250 g/mol. The van der Waals surface area contributed by atoms with Crippen molar-refractivity contribution in [1.29, 1.82) is 0 Å². The minimum atomic E-state index is 0.495. The topological polar surface area (TPSA) is 12.0 Å². The van der Waals surface area contributed by atoms with Crippen LogP contribution in [0.4, 0.5) is 0 Å². The molecule has 0 amide bonds. The van der Waals surface area contributed by atoms with Crippen LogP contribution in [0.1, 0.15) is 55.0 Å². The summed E-state index contributed by atoms with van der Waals surface area (Å²) in [7, 11) is 2.07. The monoisotopic (exact) mass is 271 g/mol. The molecule has 1 aliphatic carbocycles. The molecule has 96 valence electrons. The predicted molar refractivity (Wildman–Crippen MR) is 77.1 cm³/mol. The maximum Gasteiger partial charge on any atom is 0.0960 e.